The van der Waals surface area contributed by atoms with Gasteiger partial charge in [-0.1, -0.05) is 15.9 Å². The molecule has 0 heterocycles. The van der Waals surface area contributed by atoms with Crippen LogP contribution in [0.1, 0.15) is 5.56 Å². The van der Waals surface area contributed by atoms with E-state index in [0.29, 0.717) is 12.1 Å². The third kappa shape index (κ3) is 5.75. The van der Waals surface area contributed by atoms with Crippen LogP contribution in [-0.2, 0) is 14.6 Å². The van der Waals surface area contributed by atoms with Crippen LogP contribution in [0.15, 0.2) is 28.7 Å². The van der Waals surface area contributed by atoms with E-state index in [4.69, 9.17) is 5.11 Å². The largest absolute Gasteiger partial charge is 0.478 e. The van der Waals surface area contributed by atoms with Gasteiger partial charge in [0, 0.05) is 36.1 Å². The van der Waals surface area contributed by atoms with Crippen molar-refractivity contribution in [3.63, 3.8) is 0 Å². The van der Waals surface area contributed by atoms with Gasteiger partial charge < -0.3 is 10.0 Å². The van der Waals surface area contributed by atoms with E-state index in [1.54, 1.807) is 18.0 Å². The number of halogens is 1. The summed E-state index contributed by atoms with van der Waals surface area (Å²) in [4.78, 5) is 12.4. The number of benzene rings is 1. The standard InChI is InChI=1S/C13H16BrNO4S/c1-15(7-8-20(2,18)19)12-5-4-11(14)9-10(12)3-6-13(16)17/h3-6,9H,7-8H2,1-2H3,(H,16,17)/b6-3+. The van der Waals surface area contributed by atoms with E-state index in [9.17, 15) is 13.2 Å². The van der Waals surface area contributed by atoms with Crippen LogP contribution in [0, 0.1) is 0 Å². The molecule has 0 aromatic heterocycles. The van der Waals surface area contributed by atoms with Crippen LogP contribution in [0.4, 0.5) is 5.69 Å². The summed E-state index contributed by atoms with van der Waals surface area (Å²) in [5.41, 5.74) is 1.48. The highest BCUT2D eigenvalue weighted by Gasteiger charge is 2.10. The third-order valence-corrected chi connectivity index (χ3v) is 4.02. The van der Waals surface area contributed by atoms with Gasteiger partial charge in [0.25, 0.3) is 0 Å². The summed E-state index contributed by atoms with van der Waals surface area (Å²) >= 11 is 3.33. The number of anilines is 1. The molecule has 0 saturated heterocycles. The summed E-state index contributed by atoms with van der Waals surface area (Å²) in [5, 5.41) is 8.69. The molecule has 110 valence electrons. The monoisotopic (exact) mass is 361 g/mol. The van der Waals surface area contributed by atoms with Gasteiger partial charge in [0.15, 0.2) is 0 Å². The summed E-state index contributed by atoms with van der Waals surface area (Å²) in [6.45, 7) is 0.342. The molecule has 0 amide bonds. The molecule has 0 fully saturated rings. The van der Waals surface area contributed by atoms with Crippen molar-refractivity contribution in [2.75, 3.05) is 30.5 Å². The number of carbonyl (C=O) groups is 1. The minimum atomic E-state index is -3.04. The summed E-state index contributed by atoms with van der Waals surface area (Å²) in [6, 6.07) is 5.42. The Hall–Kier alpha value is -1.34. The normalized spacial score (nSPS) is 11.8. The Morgan fingerprint density at radius 1 is 1.45 bits per heavy atom. The number of nitrogens with zero attached hydrogens (tertiary/aromatic N) is 1. The Balaban J connectivity index is 3.01. The van der Waals surface area contributed by atoms with E-state index in [1.807, 2.05) is 12.1 Å². The van der Waals surface area contributed by atoms with Crippen molar-refractivity contribution in [2.24, 2.45) is 0 Å². The SMILES string of the molecule is CN(CCS(C)(=O)=O)c1ccc(Br)cc1/C=C/C(=O)O. The lowest BCUT2D eigenvalue weighted by Crippen LogP contribution is -2.25. The number of carboxylic acids is 1. The van der Waals surface area contributed by atoms with E-state index < -0.39 is 15.8 Å². The molecule has 7 heteroatoms. The lowest BCUT2D eigenvalue weighted by atomic mass is 10.1. The summed E-state index contributed by atoms with van der Waals surface area (Å²) in [7, 11) is -1.27. The van der Waals surface area contributed by atoms with Crippen molar-refractivity contribution >= 4 is 43.5 Å². The van der Waals surface area contributed by atoms with E-state index >= 15 is 0 Å². The Morgan fingerprint density at radius 3 is 2.65 bits per heavy atom. The van der Waals surface area contributed by atoms with Gasteiger partial charge in [-0.15, -0.1) is 0 Å². The average molecular weight is 362 g/mol. The molecular weight excluding hydrogens is 346 g/mol. The van der Waals surface area contributed by atoms with Crippen LogP contribution in [0.2, 0.25) is 0 Å². The van der Waals surface area contributed by atoms with Gasteiger partial charge in [-0.3, -0.25) is 0 Å². The van der Waals surface area contributed by atoms with Crippen molar-refractivity contribution in [2.45, 2.75) is 0 Å². The first-order valence-electron chi connectivity index (χ1n) is 5.78. The van der Waals surface area contributed by atoms with Gasteiger partial charge in [-0.2, -0.15) is 0 Å². The Bertz CT molecular complexity index is 625. The van der Waals surface area contributed by atoms with Crippen molar-refractivity contribution < 1.29 is 18.3 Å². The van der Waals surface area contributed by atoms with Gasteiger partial charge >= 0.3 is 5.97 Å². The van der Waals surface area contributed by atoms with Crippen LogP contribution >= 0.6 is 15.9 Å². The zero-order valence-corrected chi connectivity index (χ0v) is 13.6. The van der Waals surface area contributed by atoms with E-state index in [0.717, 1.165) is 16.2 Å². The summed E-state index contributed by atoms with van der Waals surface area (Å²) in [6.07, 6.45) is 3.72. The smallest absolute Gasteiger partial charge is 0.328 e. The molecular formula is C13H16BrNO4S. The fourth-order valence-corrected chi connectivity index (χ4v) is 2.58. The molecule has 0 radical (unpaired) electrons. The highest BCUT2D eigenvalue weighted by atomic mass is 79.9. The first kappa shape index (κ1) is 16.7. The molecule has 1 aromatic rings. The second kappa shape index (κ2) is 6.90. The Morgan fingerprint density at radius 2 is 2.10 bits per heavy atom. The van der Waals surface area contributed by atoms with Crippen molar-refractivity contribution in [1.29, 1.82) is 0 Å². The quantitative estimate of drug-likeness (QED) is 0.784. The third-order valence-electron chi connectivity index (χ3n) is 2.60. The van der Waals surface area contributed by atoms with Gasteiger partial charge in [0.05, 0.1) is 5.75 Å². The van der Waals surface area contributed by atoms with Crippen molar-refractivity contribution in [3.05, 3.63) is 34.3 Å². The van der Waals surface area contributed by atoms with Crippen molar-refractivity contribution in [3.8, 4) is 0 Å². The average Bonchev–Trinajstić information content (AvgIpc) is 2.32. The zero-order valence-electron chi connectivity index (χ0n) is 11.2. The zero-order chi connectivity index (χ0) is 15.3. The maximum atomic E-state index is 11.2. The maximum absolute atomic E-state index is 11.2. The molecule has 0 bridgehead atoms. The van der Waals surface area contributed by atoms with Crippen LogP contribution in [0.25, 0.3) is 6.08 Å². The number of carboxylic acid groups (broad SMARTS) is 1. The van der Waals surface area contributed by atoms with Gasteiger partial charge in [0.2, 0.25) is 0 Å². The summed E-state index contributed by atoms with van der Waals surface area (Å²) in [5.74, 6) is -0.989. The number of hydrogen-bond donors (Lipinski definition) is 1. The number of rotatable bonds is 6. The number of sulfone groups is 1. The van der Waals surface area contributed by atoms with Crippen LogP contribution in [0.3, 0.4) is 0 Å². The second-order valence-electron chi connectivity index (χ2n) is 4.43. The molecule has 0 saturated carbocycles. The van der Waals surface area contributed by atoms with Crippen molar-refractivity contribution in [1.82, 2.24) is 0 Å². The van der Waals surface area contributed by atoms with Crippen LogP contribution in [0.5, 0.6) is 0 Å². The molecule has 1 aromatic carbocycles. The van der Waals surface area contributed by atoms with E-state index in [2.05, 4.69) is 15.9 Å². The van der Waals surface area contributed by atoms with E-state index in [-0.39, 0.29) is 5.75 Å². The minimum absolute atomic E-state index is 0.0433. The predicted octanol–water partition coefficient (Wildman–Crippen LogP) is 2.03. The number of aliphatic carboxylic acids is 1. The highest BCUT2D eigenvalue weighted by molar-refractivity contribution is 9.10. The Labute approximate surface area is 127 Å². The molecule has 0 aliphatic heterocycles. The first-order valence-corrected chi connectivity index (χ1v) is 8.64. The fourth-order valence-electron chi connectivity index (χ4n) is 1.59. The lowest BCUT2D eigenvalue weighted by molar-refractivity contribution is -0.131. The first-order chi connectivity index (χ1) is 9.19. The molecule has 0 aliphatic rings. The topological polar surface area (TPSA) is 74.7 Å². The number of hydrogen-bond acceptors (Lipinski definition) is 4. The summed E-state index contributed by atoms with van der Waals surface area (Å²) < 4.78 is 23.2. The van der Waals surface area contributed by atoms with Gasteiger partial charge in [-0.05, 0) is 29.8 Å². The maximum Gasteiger partial charge on any atom is 0.328 e. The fraction of sp³-hybridized carbons (Fsp3) is 0.308. The lowest BCUT2D eigenvalue weighted by Gasteiger charge is -2.21. The minimum Gasteiger partial charge on any atom is -0.478 e. The van der Waals surface area contributed by atoms with Crippen LogP contribution < -0.4 is 4.90 Å². The molecule has 0 aliphatic carbocycles. The molecule has 1 rings (SSSR count). The van der Waals surface area contributed by atoms with E-state index in [1.165, 1.54) is 12.3 Å². The van der Waals surface area contributed by atoms with Crippen LogP contribution in [-0.4, -0.2) is 45.1 Å². The Kier molecular flexibility index (Phi) is 5.76. The van der Waals surface area contributed by atoms with Gasteiger partial charge in [-0.25, -0.2) is 13.2 Å². The molecule has 0 unspecified atom stereocenters. The molecule has 5 nitrogen and oxygen atoms in total. The molecule has 0 spiro atoms. The van der Waals surface area contributed by atoms with Gasteiger partial charge in [0.1, 0.15) is 9.84 Å². The molecule has 1 N–H and O–H groups in total. The second-order valence-corrected chi connectivity index (χ2v) is 7.60. The highest BCUT2D eigenvalue weighted by Crippen LogP contribution is 2.25. The molecule has 0 atom stereocenters. The predicted molar refractivity (Wildman–Crippen MR) is 83.8 cm³/mol. The molecule has 20 heavy (non-hydrogen) atoms.